The maximum absolute atomic E-state index is 11.5. The molecule has 0 aliphatic rings. The van der Waals surface area contributed by atoms with Crippen LogP contribution in [0.1, 0.15) is 5.56 Å². The van der Waals surface area contributed by atoms with E-state index in [0.29, 0.717) is 17.9 Å². The second kappa shape index (κ2) is 7.47. The average Bonchev–Trinajstić information content (AvgIpc) is 2.56. The molecule has 0 amide bonds. The standard InChI is InChI=1S/C17H19NO4/c1-20-13-7-9-14(10-8-13)22-16-6-4-3-5-12(16)11-15(18)17(19)21-2/h3-10,15H,11,18H2,1-2H3. The van der Waals surface area contributed by atoms with Crippen molar-refractivity contribution in [1.29, 1.82) is 0 Å². The molecule has 0 spiro atoms. The van der Waals surface area contributed by atoms with E-state index in [1.165, 1.54) is 7.11 Å². The van der Waals surface area contributed by atoms with Crippen LogP contribution >= 0.6 is 0 Å². The second-order valence-electron chi connectivity index (χ2n) is 4.72. The van der Waals surface area contributed by atoms with E-state index >= 15 is 0 Å². The number of esters is 1. The van der Waals surface area contributed by atoms with Crippen LogP contribution in [0.25, 0.3) is 0 Å². The fourth-order valence-corrected chi connectivity index (χ4v) is 2.01. The molecular weight excluding hydrogens is 282 g/mol. The highest BCUT2D eigenvalue weighted by Crippen LogP contribution is 2.27. The van der Waals surface area contributed by atoms with E-state index in [0.717, 1.165) is 11.3 Å². The summed E-state index contributed by atoms with van der Waals surface area (Å²) in [5.74, 6) is 1.65. The van der Waals surface area contributed by atoms with E-state index in [1.54, 1.807) is 7.11 Å². The number of hydrogen-bond acceptors (Lipinski definition) is 5. The predicted molar refractivity (Wildman–Crippen MR) is 83.2 cm³/mol. The molecule has 5 nitrogen and oxygen atoms in total. The van der Waals surface area contributed by atoms with Crippen molar-refractivity contribution in [3.8, 4) is 17.2 Å². The highest BCUT2D eigenvalue weighted by atomic mass is 16.5. The first-order valence-corrected chi connectivity index (χ1v) is 6.87. The van der Waals surface area contributed by atoms with Crippen molar-refractivity contribution in [2.24, 2.45) is 5.73 Å². The molecule has 116 valence electrons. The van der Waals surface area contributed by atoms with Gasteiger partial charge >= 0.3 is 5.97 Å². The summed E-state index contributed by atoms with van der Waals surface area (Å²) in [4.78, 5) is 11.5. The van der Waals surface area contributed by atoms with E-state index in [9.17, 15) is 4.79 Å². The van der Waals surface area contributed by atoms with Crippen LogP contribution in [0.3, 0.4) is 0 Å². The van der Waals surface area contributed by atoms with Crippen LogP contribution in [-0.2, 0) is 16.0 Å². The number of carbonyl (C=O) groups is 1. The fraction of sp³-hybridized carbons (Fsp3) is 0.235. The lowest BCUT2D eigenvalue weighted by Gasteiger charge is -2.14. The molecule has 0 fully saturated rings. The van der Waals surface area contributed by atoms with E-state index in [4.69, 9.17) is 15.2 Å². The third kappa shape index (κ3) is 3.99. The van der Waals surface area contributed by atoms with Gasteiger partial charge in [0.1, 0.15) is 23.3 Å². The number of para-hydroxylation sites is 1. The van der Waals surface area contributed by atoms with Crippen molar-refractivity contribution in [2.75, 3.05) is 14.2 Å². The van der Waals surface area contributed by atoms with Gasteiger partial charge < -0.3 is 19.9 Å². The Bertz CT molecular complexity index is 625. The summed E-state index contributed by atoms with van der Waals surface area (Å²) in [7, 11) is 2.93. The molecule has 2 aromatic carbocycles. The van der Waals surface area contributed by atoms with Crippen LogP contribution in [0, 0.1) is 0 Å². The summed E-state index contributed by atoms with van der Waals surface area (Å²) in [5.41, 5.74) is 6.66. The Hall–Kier alpha value is -2.53. The van der Waals surface area contributed by atoms with E-state index < -0.39 is 12.0 Å². The summed E-state index contributed by atoms with van der Waals surface area (Å²) >= 11 is 0. The fourth-order valence-electron chi connectivity index (χ4n) is 2.01. The predicted octanol–water partition coefficient (Wildman–Crippen LogP) is 2.53. The van der Waals surface area contributed by atoms with Crippen LogP contribution in [0.4, 0.5) is 0 Å². The Morgan fingerprint density at radius 1 is 1.05 bits per heavy atom. The Morgan fingerprint density at radius 3 is 2.32 bits per heavy atom. The third-order valence-electron chi connectivity index (χ3n) is 3.20. The van der Waals surface area contributed by atoms with Crippen molar-refractivity contribution >= 4 is 5.97 Å². The van der Waals surface area contributed by atoms with Crippen molar-refractivity contribution in [2.45, 2.75) is 12.5 Å². The van der Waals surface area contributed by atoms with Gasteiger partial charge in [-0.15, -0.1) is 0 Å². The molecule has 0 heterocycles. The number of hydrogen-bond donors (Lipinski definition) is 1. The van der Waals surface area contributed by atoms with Gasteiger partial charge in [-0.25, -0.2) is 0 Å². The molecule has 0 bridgehead atoms. The van der Waals surface area contributed by atoms with Crippen LogP contribution in [0.5, 0.6) is 17.2 Å². The SMILES string of the molecule is COC(=O)C(N)Cc1ccccc1Oc1ccc(OC)cc1. The largest absolute Gasteiger partial charge is 0.497 e. The summed E-state index contributed by atoms with van der Waals surface area (Å²) in [6.07, 6.45) is 0.346. The quantitative estimate of drug-likeness (QED) is 0.830. The zero-order chi connectivity index (χ0) is 15.9. The maximum atomic E-state index is 11.5. The molecular formula is C17H19NO4. The minimum Gasteiger partial charge on any atom is -0.497 e. The molecule has 2 rings (SSSR count). The molecule has 0 saturated heterocycles. The minimum atomic E-state index is -0.717. The van der Waals surface area contributed by atoms with Gasteiger partial charge in [0, 0.05) is 6.42 Å². The minimum absolute atomic E-state index is 0.346. The van der Waals surface area contributed by atoms with Gasteiger partial charge in [-0.3, -0.25) is 4.79 Å². The van der Waals surface area contributed by atoms with Crippen molar-refractivity contribution in [3.63, 3.8) is 0 Å². The Labute approximate surface area is 129 Å². The number of ether oxygens (including phenoxy) is 3. The lowest BCUT2D eigenvalue weighted by Crippen LogP contribution is -2.33. The average molecular weight is 301 g/mol. The number of benzene rings is 2. The van der Waals surface area contributed by atoms with E-state index in [2.05, 4.69) is 4.74 Å². The zero-order valence-electron chi connectivity index (χ0n) is 12.6. The first-order valence-electron chi connectivity index (χ1n) is 6.87. The highest BCUT2D eigenvalue weighted by molar-refractivity contribution is 5.75. The Kier molecular flexibility index (Phi) is 5.38. The molecule has 1 atom stereocenters. The molecule has 22 heavy (non-hydrogen) atoms. The lowest BCUT2D eigenvalue weighted by atomic mass is 10.1. The zero-order valence-corrected chi connectivity index (χ0v) is 12.6. The highest BCUT2D eigenvalue weighted by Gasteiger charge is 2.16. The Balaban J connectivity index is 2.15. The van der Waals surface area contributed by atoms with Crippen molar-refractivity contribution in [1.82, 2.24) is 0 Å². The van der Waals surface area contributed by atoms with Gasteiger partial charge in [0.2, 0.25) is 0 Å². The van der Waals surface area contributed by atoms with Crippen molar-refractivity contribution in [3.05, 3.63) is 54.1 Å². The molecule has 0 aliphatic carbocycles. The molecule has 0 aliphatic heterocycles. The number of nitrogens with two attached hydrogens (primary N) is 1. The normalized spacial score (nSPS) is 11.6. The van der Waals surface area contributed by atoms with Crippen LogP contribution in [0.15, 0.2) is 48.5 Å². The number of carbonyl (C=O) groups excluding carboxylic acids is 1. The topological polar surface area (TPSA) is 70.8 Å². The van der Waals surface area contributed by atoms with Gasteiger partial charge in [-0.05, 0) is 35.9 Å². The van der Waals surface area contributed by atoms with Gasteiger partial charge in [-0.1, -0.05) is 18.2 Å². The third-order valence-corrected chi connectivity index (χ3v) is 3.20. The molecule has 0 aromatic heterocycles. The van der Waals surface area contributed by atoms with Gasteiger partial charge in [0.25, 0.3) is 0 Å². The first-order chi connectivity index (χ1) is 10.6. The van der Waals surface area contributed by atoms with Crippen LogP contribution in [-0.4, -0.2) is 26.2 Å². The molecule has 0 saturated carbocycles. The van der Waals surface area contributed by atoms with Gasteiger partial charge in [-0.2, -0.15) is 0 Å². The summed E-state index contributed by atoms with van der Waals surface area (Å²) < 4.78 is 15.6. The van der Waals surface area contributed by atoms with Gasteiger partial charge in [0.05, 0.1) is 14.2 Å². The van der Waals surface area contributed by atoms with E-state index in [1.807, 2.05) is 48.5 Å². The monoisotopic (exact) mass is 301 g/mol. The van der Waals surface area contributed by atoms with Crippen molar-refractivity contribution < 1.29 is 19.0 Å². The smallest absolute Gasteiger partial charge is 0.322 e. The summed E-state index contributed by atoms with van der Waals surface area (Å²) in [6.45, 7) is 0. The Morgan fingerprint density at radius 2 is 1.68 bits per heavy atom. The second-order valence-corrected chi connectivity index (χ2v) is 4.72. The lowest BCUT2D eigenvalue weighted by molar-refractivity contribution is -0.142. The molecule has 2 N–H and O–H groups in total. The molecule has 5 heteroatoms. The first kappa shape index (κ1) is 15.9. The van der Waals surface area contributed by atoms with E-state index in [-0.39, 0.29) is 0 Å². The van der Waals surface area contributed by atoms with Crippen LogP contribution < -0.4 is 15.2 Å². The maximum Gasteiger partial charge on any atom is 0.322 e. The number of methoxy groups -OCH3 is 2. The number of rotatable bonds is 6. The molecule has 2 aromatic rings. The summed E-state index contributed by atoms with van der Waals surface area (Å²) in [5, 5.41) is 0. The molecule has 0 radical (unpaired) electrons. The van der Waals surface area contributed by atoms with Crippen LogP contribution in [0.2, 0.25) is 0 Å². The summed E-state index contributed by atoms with van der Waals surface area (Å²) in [6, 6.07) is 14.0. The van der Waals surface area contributed by atoms with Gasteiger partial charge in [0.15, 0.2) is 0 Å². The molecule has 1 unspecified atom stereocenters.